The zero-order chi connectivity index (χ0) is 8.85. The second kappa shape index (κ2) is 4.94. The van der Waals surface area contributed by atoms with Crippen molar-refractivity contribution in [1.82, 2.24) is 0 Å². The Morgan fingerprint density at radius 2 is 1.82 bits per heavy atom. The van der Waals surface area contributed by atoms with Crippen LogP contribution in [0.15, 0.2) is 16.3 Å². The first-order valence-electron chi connectivity index (χ1n) is 3.89. The number of hydrogen-bond acceptors (Lipinski definition) is 2. The van der Waals surface area contributed by atoms with Gasteiger partial charge >= 0.3 is 0 Å². The molecule has 0 aliphatic heterocycles. The van der Waals surface area contributed by atoms with Crippen LogP contribution in [0.4, 0.5) is 0 Å². The number of allylic oxidation sites excluding steroid dienone is 2. The number of ether oxygens (including phenoxy) is 1. The zero-order valence-corrected chi connectivity index (χ0v) is 8.06. The number of aliphatic imine (C=N–C) groups is 1. The molecular weight excluding hydrogens is 138 g/mol. The molecule has 64 valence electrons. The number of hydrogen-bond donors (Lipinski definition) is 0. The summed E-state index contributed by atoms with van der Waals surface area (Å²) in [4.78, 5) is 3.91. The highest BCUT2D eigenvalue weighted by atomic mass is 16.5. The molecule has 0 unspecified atom stereocenters. The molecular formula is C9H17NO. The Morgan fingerprint density at radius 3 is 2.18 bits per heavy atom. The molecule has 0 heterocycles. The molecule has 0 bridgehead atoms. The highest BCUT2D eigenvalue weighted by molar-refractivity contribution is 5.74. The van der Waals surface area contributed by atoms with Crippen molar-refractivity contribution in [3.8, 4) is 0 Å². The van der Waals surface area contributed by atoms with Crippen molar-refractivity contribution in [2.24, 2.45) is 4.99 Å². The third kappa shape index (κ3) is 3.81. The van der Waals surface area contributed by atoms with Crippen molar-refractivity contribution in [2.75, 3.05) is 7.05 Å². The van der Waals surface area contributed by atoms with Gasteiger partial charge in [-0.15, -0.1) is 0 Å². The Morgan fingerprint density at radius 1 is 1.27 bits per heavy atom. The summed E-state index contributed by atoms with van der Waals surface area (Å²) in [5, 5.41) is 0. The minimum Gasteiger partial charge on any atom is -0.448 e. The van der Waals surface area contributed by atoms with E-state index in [0.717, 1.165) is 18.1 Å². The first-order chi connectivity index (χ1) is 5.11. The molecule has 11 heavy (non-hydrogen) atoms. The van der Waals surface area contributed by atoms with Gasteiger partial charge in [0.05, 0.1) is 0 Å². The molecule has 2 heteroatoms. The Labute approximate surface area is 69.0 Å². The van der Waals surface area contributed by atoms with E-state index < -0.39 is 0 Å². The summed E-state index contributed by atoms with van der Waals surface area (Å²) in [6.45, 7) is 8.00. The van der Waals surface area contributed by atoms with Crippen LogP contribution in [0.25, 0.3) is 0 Å². The monoisotopic (exact) mass is 155 g/mol. The van der Waals surface area contributed by atoms with Crippen LogP contribution in [0, 0.1) is 0 Å². The van der Waals surface area contributed by atoms with Crippen LogP contribution in [-0.4, -0.2) is 12.9 Å². The van der Waals surface area contributed by atoms with Crippen molar-refractivity contribution >= 4 is 5.90 Å². The molecule has 0 amide bonds. The van der Waals surface area contributed by atoms with E-state index in [9.17, 15) is 0 Å². The largest absolute Gasteiger partial charge is 0.448 e. The van der Waals surface area contributed by atoms with Crippen molar-refractivity contribution in [2.45, 2.75) is 34.1 Å². The predicted molar refractivity (Wildman–Crippen MR) is 48.8 cm³/mol. The van der Waals surface area contributed by atoms with Crippen LogP contribution in [-0.2, 0) is 4.74 Å². The van der Waals surface area contributed by atoms with Crippen LogP contribution in [0.2, 0.25) is 0 Å². The van der Waals surface area contributed by atoms with Gasteiger partial charge in [-0.05, 0) is 25.8 Å². The molecule has 0 aliphatic carbocycles. The molecule has 0 fully saturated rings. The van der Waals surface area contributed by atoms with Crippen LogP contribution >= 0.6 is 0 Å². The van der Waals surface area contributed by atoms with E-state index in [2.05, 4.69) is 18.8 Å². The molecule has 0 aromatic carbocycles. The summed E-state index contributed by atoms with van der Waals surface area (Å²) in [5.74, 6) is 1.69. The Balaban J connectivity index is 4.16. The topological polar surface area (TPSA) is 21.6 Å². The van der Waals surface area contributed by atoms with E-state index in [1.807, 2.05) is 13.8 Å². The lowest BCUT2D eigenvalue weighted by molar-refractivity contribution is 0.404. The highest BCUT2D eigenvalue weighted by Gasteiger charge is 1.96. The Hall–Kier alpha value is -0.790. The summed E-state index contributed by atoms with van der Waals surface area (Å²) >= 11 is 0. The van der Waals surface area contributed by atoms with Gasteiger partial charge in [0, 0.05) is 14.0 Å². The van der Waals surface area contributed by atoms with E-state index in [1.165, 1.54) is 5.57 Å². The lowest BCUT2D eigenvalue weighted by Crippen LogP contribution is -1.98. The molecule has 0 aromatic rings. The predicted octanol–water partition coefficient (Wildman–Crippen LogP) is 2.76. The van der Waals surface area contributed by atoms with Gasteiger partial charge in [-0.1, -0.05) is 6.92 Å². The van der Waals surface area contributed by atoms with Crippen LogP contribution < -0.4 is 0 Å². The van der Waals surface area contributed by atoms with Gasteiger partial charge in [-0.2, -0.15) is 0 Å². The summed E-state index contributed by atoms with van der Waals surface area (Å²) in [6, 6.07) is 0. The van der Waals surface area contributed by atoms with Crippen molar-refractivity contribution in [3.05, 3.63) is 11.3 Å². The van der Waals surface area contributed by atoms with Crippen molar-refractivity contribution in [3.63, 3.8) is 0 Å². The van der Waals surface area contributed by atoms with Gasteiger partial charge < -0.3 is 4.74 Å². The molecule has 0 radical (unpaired) electrons. The van der Waals surface area contributed by atoms with Crippen LogP contribution in [0.5, 0.6) is 0 Å². The number of rotatable bonds is 2. The maximum absolute atomic E-state index is 5.38. The third-order valence-electron chi connectivity index (χ3n) is 1.75. The van der Waals surface area contributed by atoms with Gasteiger partial charge in [0.1, 0.15) is 5.76 Å². The molecule has 0 spiro atoms. The fraction of sp³-hybridized carbons (Fsp3) is 0.667. The van der Waals surface area contributed by atoms with Gasteiger partial charge in [0.2, 0.25) is 0 Å². The first kappa shape index (κ1) is 10.2. The molecule has 0 aliphatic rings. The van der Waals surface area contributed by atoms with E-state index >= 15 is 0 Å². The second-order valence-corrected chi connectivity index (χ2v) is 2.53. The van der Waals surface area contributed by atoms with Gasteiger partial charge in [-0.3, -0.25) is 4.99 Å². The highest BCUT2D eigenvalue weighted by Crippen LogP contribution is 2.08. The van der Waals surface area contributed by atoms with E-state index in [0.29, 0.717) is 0 Å². The third-order valence-corrected chi connectivity index (χ3v) is 1.75. The molecule has 0 saturated heterocycles. The first-order valence-corrected chi connectivity index (χ1v) is 3.89. The van der Waals surface area contributed by atoms with Gasteiger partial charge in [0.15, 0.2) is 5.90 Å². The zero-order valence-electron chi connectivity index (χ0n) is 8.06. The normalized spacial score (nSPS) is 14.5. The number of nitrogens with zero attached hydrogens (tertiary/aromatic N) is 1. The maximum Gasteiger partial charge on any atom is 0.186 e. The minimum absolute atomic E-state index is 0.718. The lowest BCUT2D eigenvalue weighted by atomic mass is 10.2. The second-order valence-electron chi connectivity index (χ2n) is 2.53. The fourth-order valence-electron chi connectivity index (χ4n) is 0.603. The minimum atomic E-state index is 0.718. The van der Waals surface area contributed by atoms with E-state index in [1.54, 1.807) is 7.05 Å². The van der Waals surface area contributed by atoms with Gasteiger partial charge in [0.25, 0.3) is 0 Å². The maximum atomic E-state index is 5.38. The summed E-state index contributed by atoms with van der Waals surface area (Å²) < 4.78 is 5.38. The average molecular weight is 155 g/mol. The fourth-order valence-corrected chi connectivity index (χ4v) is 0.603. The standard InChI is InChI=1S/C9H17NO/c1-6-7(2)8(3)11-9(4)10-5/h6H2,1-5H3/b8-7-,10-9-. The van der Waals surface area contributed by atoms with E-state index in [-0.39, 0.29) is 0 Å². The molecule has 2 nitrogen and oxygen atoms in total. The summed E-state index contributed by atoms with van der Waals surface area (Å²) in [6.07, 6.45) is 1.03. The summed E-state index contributed by atoms with van der Waals surface area (Å²) in [5.41, 5.74) is 1.27. The molecule has 0 rings (SSSR count). The quantitative estimate of drug-likeness (QED) is 0.341. The molecule has 0 N–H and O–H groups in total. The van der Waals surface area contributed by atoms with E-state index in [4.69, 9.17) is 4.74 Å². The molecule has 0 aromatic heterocycles. The smallest absolute Gasteiger partial charge is 0.186 e. The Bertz CT molecular complexity index is 180. The molecule has 0 atom stereocenters. The average Bonchev–Trinajstić information content (AvgIpc) is 2.02. The Kier molecular flexibility index (Phi) is 4.59. The van der Waals surface area contributed by atoms with Gasteiger partial charge in [-0.25, -0.2) is 0 Å². The van der Waals surface area contributed by atoms with Crippen LogP contribution in [0.3, 0.4) is 0 Å². The van der Waals surface area contributed by atoms with Crippen LogP contribution in [0.1, 0.15) is 34.1 Å². The molecule has 0 saturated carbocycles. The van der Waals surface area contributed by atoms with Crippen molar-refractivity contribution < 1.29 is 4.74 Å². The lowest BCUT2D eigenvalue weighted by Gasteiger charge is -2.06. The summed E-state index contributed by atoms with van der Waals surface area (Å²) in [7, 11) is 1.73. The van der Waals surface area contributed by atoms with Crippen molar-refractivity contribution in [1.29, 1.82) is 0 Å². The SMILES string of the molecule is CC/C(C)=C(/C)O/C(C)=N\C.